The Hall–Kier alpha value is -3.00. The summed E-state index contributed by atoms with van der Waals surface area (Å²) >= 11 is 0. The Kier molecular flexibility index (Phi) is 5.21. The molecule has 2 rings (SSSR count). The largest absolute Gasteiger partial charge is 0.428 e. The van der Waals surface area contributed by atoms with E-state index in [2.05, 4.69) is 10.8 Å². The van der Waals surface area contributed by atoms with Gasteiger partial charge in [-0.25, -0.2) is 0 Å². The molecule has 2 aromatic rings. The number of allylic oxidation sites excluding steroid dienone is 1. The first-order valence-electron chi connectivity index (χ1n) is 6.67. The quantitative estimate of drug-likeness (QED) is 0.549. The molecule has 0 N–H and O–H groups in total. The first-order chi connectivity index (χ1) is 11.0. The lowest BCUT2D eigenvalue weighted by Gasteiger charge is -2.04. The number of hydrogen-bond acceptors (Lipinski definition) is 2. The fourth-order valence-corrected chi connectivity index (χ4v) is 1.92. The second-order valence-electron chi connectivity index (χ2n) is 4.72. The molecular formula is C18H12F3NO. The van der Waals surface area contributed by atoms with Crippen molar-refractivity contribution in [1.82, 2.24) is 0 Å². The maximum Gasteiger partial charge on any atom is 0.344 e. The van der Waals surface area contributed by atoms with Crippen molar-refractivity contribution < 1.29 is 17.9 Å². The highest BCUT2D eigenvalue weighted by Crippen LogP contribution is 2.22. The van der Waals surface area contributed by atoms with Crippen LogP contribution in [-0.2, 0) is 0 Å². The van der Waals surface area contributed by atoms with Crippen LogP contribution in [-0.4, -0.2) is 0 Å². The van der Waals surface area contributed by atoms with Gasteiger partial charge in [0, 0.05) is 0 Å². The van der Waals surface area contributed by atoms with E-state index in [1.54, 1.807) is 24.3 Å². The number of hydrogen-bond donors (Lipinski definition) is 0. The first-order valence-corrected chi connectivity index (χ1v) is 6.67. The molecule has 0 aliphatic rings. The zero-order chi connectivity index (χ0) is 16.8. The summed E-state index contributed by atoms with van der Waals surface area (Å²) in [5.74, 6) is -0.0107. The molecule has 23 heavy (non-hydrogen) atoms. The average molecular weight is 315 g/mol. The summed E-state index contributed by atoms with van der Waals surface area (Å²) in [5.41, 5.74) is 3.31. The molecule has 0 saturated carbocycles. The van der Waals surface area contributed by atoms with Crippen LogP contribution in [0.25, 0.3) is 11.6 Å². The number of rotatable bonds is 4. The molecule has 5 heteroatoms. The monoisotopic (exact) mass is 315 g/mol. The molecule has 0 aliphatic carbocycles. The van der Waals surface area contributed by atoms with Gasteiger partial charge in [-0.3, -0.25) is 0 Å². The van der Waals surface area contributed by atoms with Crippen LogP contribution >= 0.6 is 0 Å². The lowest BCUT2D eigenvalue weighted by atomic mass is 10.0. The second kappa shape index (κ2) is 7.32. The number of ether oxygens (including phenoxy) is 1. The molecule has 0 atom stereocenters. The van der Waals surface area contributed by atoms with E-state index in [1.807, 2.05) is 25.1 Å². The summed E-state index contributed by atoms with van der Waals surface area (Å²) in [7, 11) is 0. The topological polar surface area (TPSA) is 33.0 Å². The van der Waals surface area contributed by atoms with Crippen LogP contribution in [0.1, 0.15) is 23.6 Å². The number of benzene rings is 2. The third kappa shape index (κ3) is 4.48. The van der Waals surface area contributed by atoms with Gasteiger partial charge in [0.15, 0.2) is 0 Å². The molecule has 0 bridgehead atoms. The summed E-state index contributed by atoms with van der Waals surface area (Å²) in [6.45, 7) is 1.91. The van der Waals surface area contributed by atoms with Gasteiger partial charge in [0.05, 0.1) is 11.6 Å². The van der Waals surface area contributed by atoms with Gasteiger partial charge in [0.2, 0.25) is 0 Å². The van der Waals surface area contributed by atoms with Gasteiger partial charge >= 0.3 is 12.1 Å². The zero-order valence-electron chi connectivity index (χ0n) is 12.2. The lowest BCUT2D eigenvalue weighted by molar-refractivity contribution is 0.241. The van der Waals surface area contributed by atoms with Crippen molar-refractivity contribution in [3.05, 3.63) is 77.3 Å². The average Bonchev–Trinajstić information content (AvgIpc) is 2.56. The smallest absolute Gasteiger partial charge is 0.344 e. The van der Waals surface area contributed by atoms with Crippen LogP contribution in [0.4, 0.5) is 13.2 Å². The Morgan fingerprint density at radius 1 is 1.00 bits per heavy atom. The van der Waals surface area contributed by atoms with E-state index in [0.29, 0.717) is 5.56 Å². The minimum Gasteiger partial charge on any atom is -0.428 e. The van der Waals surface area contributed by atoms with Gasteiger partial charge in [-0.05, 0) is 47.9 Å². The molecule has 0 heterocycles. The molecule has 0 aromatic heterocycles. The van der Waals surface area contributed by atoms with Gasteiger partial charge in [-0.2, -0.15) is 18.4 Å². The van der Waals surface area contributed by atoms with Crippen LogP contribution in [0.15, 0.2) is 60.6 Å². The maximum absolute atomic E-state index is 12.7. The molecule has 2 nitrogen and oxygen atoms in total. The molecule has 0 unspecified atom stereocenters. The van der Waals surface area contributed by atoms with E-state index in [9.17, 15) is 13.2 Å². The number of nitriles is 1. The van der Waals surface area contributed by atoms with Crippen molar-refractivity contribution in [3.8, 4) is 11.8 Å². The van der Waals surface area contributed by atoms with Crippen molar-refractivity contribution in [2.75, 3.05) is 0 Å². The Bertz CT molecular complexity index is 781. The molecule has 2 aromatic carbocycles. The minimum atomic E-state index is -2.49. The third-order valence-corrected chi connectivity index (χ3v) is 3.09. The van der Waals surface area contributed by atoms with Gasteiger partial charge in [0.1, 0.15) is 5.75 Å². The predicted octanol–water partition coefficient (Wildman–Crippen LogP) is 5.53. The van der Waals surface area contributed by atoms with Crippen LogP contribution in [0, 0.1) is 11.3 Å². The van der Waals surface area contributed by atoms with Crippen molar-refractivity contribution in [3.63, 3.8) is 0 Å². The summed E-state index contributed by atoms with van der Waals surface area (Å²) in [4.78, 5) is 0. The highest BCUT2D eigenvalue weighted by atomic mass is 19.3. The second-order valence-corrected chi connectivity index (χ2v) is 4.72. The Labute approximate surface area is 131 Å². The normalized spacial score (nSPS) is 10.8. The standard InChI is InChI=1S/C18H12F3NO/c1-12(15-6-2-14(11-22)3-7-15)10-13-4-8-16(9-5-13)23-18(21)17(19)20/h2-10H,1H3. The Balaban J connectivity index is 2.15. The molecule has 0 spiro atoms. The lowest BCUT2D eigenvalue weighted by Crippen LogP contribution is -1.90. The highest BCUT2D eigenvalue weighted by Gasteiger charge is 2.07. The molecule has 116 valence electrons. The Morgan fingerprint density at radius 3 is 2.13 bits per heavy atom. The fourth-order valence-electron chi connectivity index (χ4n) is 1.92. The number of halogens is 3. The van der Waals surface area contributed by atoms with E-state index in [0.717, 1.165) is 16.7 Å². The summed E-state index contributed by atoms with van der Waals surface area (Å²) in [5, 5.41) is 8.77. The zero-order valence-corrected chi connectivity index (χ0v) is 12.2. The minimum absolute atomic E-state index is 0.0107. The van der Waals surface area contributed by atoms with E-state index in [-0.39, 0.29) is 5.75 Å². The van der Waals surface area contributed by atoms with E-state index in [1.165, 1.54) is 12.1 Å². The highest BCUT2D eigenvalue weighted by molar-refractivity contribution is 5.80. The van der Waals surface area contributed by atoms with Crippen molar-refractivity contribution in [2.24, 2.45) is 0 Å². The summed E-state index contributed by atoms with van der Waals surface area (Å²) < 4.78 is 40.9. The third-order valence-electron chi connectivity index (χ3n) is 3.09. The SMILES string of the molecule is CC(=Cc1ccc(OC(F)=C(F)F)cc1)c1ccc(C#N)cc1. The molecular weight excluding hydrogens is 303 g/mol. The van der Waals surface area contributed by atoms with Gasteiger partial charge in [0.25, 0.3) is 0 Å². The van der Waals surface area contributed by atoms with E-state index in [4.69, 9.17) is 5.26 Å². The predicted molar refractivity (Wildman–Crippen MR) is 82.1 cm³/mol. The van der Waals surface area contributed by atoms with Crippen LogP contribution < -0.4 is 4.74 Å². The van der Waals surface area contributed by atoms with Crippen LogP contribution in [0.3, 0.4) is 0 Å². The van der Waals surface area contributed by atoms with Crippen LogP contribution in [0.5, 0.6) is 5.75 Å². The van der Waals surface area contributed by atoms with Crippen molar-refractivity contribution in [1.29, 1.82) is 5.26 Å². The van der Waals surface area contributed by atoms with Crippen LogP contribution in [0.2, 0.25) is 0 Å². The van der Waals surface area contributed by atoms with E-state index >= 15 is 0 Å². The molecule has 0 saturated heterocycles. The van der Waals surface area contributed by atoms with Crippen molar-refractivity contribution >= 4 is 11.6 Å². The first kappa shape index (κ1) is 16.4. The fraction of sp³-hybridized carbons (Fsp3) is 0.0556. The van der Waals surface area contributed by atoms with Gasteiger partial charge < -0.3 is 4.74 Å². The summed E-state index contributed by atoms with van der Waals surface area (Å²) in [6.07, 6.45) is -0.613. The van der Waals surface area contributed by atoms with E-state index < -0.39 is 12.1 Å². The van der Waals surface area contributed by atoms with Gasteiger partial charge in [-0.15, -0.1) is 0 Å². The molecule has 0 aliphatic heterocycles. The Morgan fingerprint density at radius 2 is 1.61 bits per heavy atom. The molecule has 0 amide bonds. The molecule has 0 fully saturated rings. The van der Waals surface area contributed by atoms with Crippen molar-refractivity contribution in [2.45, 2.75) is 6.92 Å². The number of nitrogens with zero attached hydrogens (tertiary/aromatic N) is 1. The molecule has 0 radical (unpaired) electrons. The summed E-state index contributed by atoms with van der Waals surface area (Å²) in [6, 6.07) is 13.4. The van der Waals surface area contributed by atoms with Gasteiger partial charge in [-0.1, -0.05) is 30.3 Å². The maximum atomic E-state index is 12.7.